The van der Waals surface area contributed by atoms with Gasteiger partial charge < -0.3 is 33.8 Å². The number of carbonyl (C=O) groups is 4. The third-order valence-corrected chi connectivity index (χ3v) is 14.7. The van der Waals surface area contributed by atoms with Crippen LogP contribution in [0.4, 0.5) is 0 Å². The maximum absolute atomic E-state index is 12.9. The fraction of sp³-hybridized carbons (Fsp3) is 0.929. The van der Waals surface area contributed by atoms with E-state index in [1.165, 1.54) is 77.0 Å². The van der Waals surface area contributed by atoms with Crippen LogP contribution < -0.4 is 0 Å². The Labute approximate surface area is 454 Å². The summed E-state index contributed by atoms with van der Waals surface area (Å²) in [5.74, 6) is -1.47. The van der Waals surface area contributed by atoms with Crippen LogP contribution in [-0.2, 0) is 65.4 Å². The smallest absolute Gasteiger partial charge is 0.462 e. The van der Waals surface area contributed by atoms with Crippen molar-refractivity contribution in [3.63, 3.8) is 0 Å². The van der Waals surface area contributed by atoms with Crippen molar-refractivity contribution in [2.24, 2.45) is 5.92 Å². The second-order valence-corrected chi connectivity index (χ2v) is 23.7. The summed E-state index contributed by atoms with van der Waals surface area (Å²) in [5, 5.41) is 10.5. The van der Waals surface area contributed by atoms with Gasteiger partial charge in [0.2, 0.25) is 0 Å². The molecule has 0 heterocycles. The molecule has 0 aliphatic carbocycles. The zero-order valence-electron chi connectivity index (χ0n) is 47.7. The molecule has 0 amide bonds. The number of carbonyl (C=O) groups excluding carboxylic acids is 4. The Kier molecular flexibility index (Phi) is 49.0. The average molecular weight is 1120 g/mol. The van der Waals surface area contributed by atoms with Crippen LogP contribution in [0.15, 0.2) is 0 Å². The molecule has 0 bridgehead atoms. The fourth-order valence-electron chi connectivity index (χ4n) is 8.17. The molecule has 0 rings (SSSR count). The predicted molar refractivity (Wildman–Crippen MR) is 294 cm³/mol. The van der Waals surface area contributed by atoms with E-state index in [0.29, 0.717) is 31.6 Å². The minimum absolute atomic E-state index is 0.105. The normalized spacial score (nSPS) is 14.5. The minimum atomic E-state index is -4.93. The van der Waals surface area contributed by atoms with Gasteiger partial charge in [-0.2, -0.15) is 0 Å². The van der Waals surface area contributed by atoms with E-state index >= 15 is 0 Å². The van der Waals surface area contributed by atoms with Crippen LogP contribution in [0.2, 0.25) is 0 Å². The van der Waals surface area contributed by atoms with Crippen LogP contribution in [0.25, 0.3) is 0 Å². The molecule has 75 heavy (non-hydrogen) atoms. The molecule has 2 unspecified atom stereocenters. The number of hydrogen-bond acceptors (Lipinski definition) is 15. The lowest BCUT2D eigenvalue weighted by atomic mass is 10.0. The molecule has 0 saturated heterocycles. The molecule has 0 fully saturated rings. The summed E-state index contributed by atoms with van der Waals surface area (Å²) in [7, 11) is -9.86. The quantitative estimate of drug-likeness (QED) is 0.0222. The predicted octanol–water partition coefficient (Wildman–Crippen LogP) is 14.7. The summed E-state index contributed by atoms with van der Waals surface area (Å²) in [4.78, 5) is 71.6. The topological polar surface area (TPSA) is 237 Å². The Bertz CT molecular complexity index is 1480. The molecule has 0 aliphatic rings. The van der Waals surface area contributed by atoms with Crippen molar-refractivity contribution < 1.29 is 80.2 Å². The number of ether oxygens (including phenoxy) is 4. The summed E-state index contributed by atoms with van der Waals surface area (Å²) < 4.78 is 67.5. The number of rotatable bonds is 56. The van der Waals surface area contributed by atoms with Gasteiger partial charge in [0.1, 0.15) is 19.3 Å². The van der Waals surface area contributed by atoms with E-state index in [9.17, 15) is 43.2 Å². The molecule has 0 spiro atoms. The molecule has 3 N–H and O–H groups in total. The molecule has 0 aromatic carbocycles. The Morgan fingerprint density at radius 1 is 0.360 bits per heavy atom. The maximum Gasteiger partial charge on any atom is 0.472 e. The molecule has 0 aromatic heterocycles. The van der Waals surface area contributed by atoms with Gasteiger partial charge in [0, 0.05) is 25.7 Å². The number of aliphatic hydroxyl groups is 1. The van der Waals surface area contributed by atoms with Crippen LogP contribution in [0.1, 0.15) is 272 Å². The van der Waals surface area contributed by atoms with Gasteiger partial charge in [-0.15, -0.1) is 0 Å². The first-order valence-corrected chi connectivity index (χ1v) is 32.6. The number of esters is 4. The van der Waals surface area contributed by atoms with Gasteiger partial charge in [-0.05, 0) is 31.6 Å². The second kappa shape index (κ2) is 50.3. The van der Waals surface area contributed by atoms with Crippen molar-refractivity contribution in [2.45, 2.75) is 291 Å². The zero-order valence-corrected chi connectivity index (χ0v) is 49.5. The van der Waals surface area contributed by atoms with Gasteiger partial charge in [0.05, 0.1) is 26.4 Å². The molecular weight excluding hydrogens is 1010 g/mol. The average Bonchev–Trinajstić information content (AvgIpc) is 3.37. The standard InChI is InChI=1S/C56H108O17P2/c1-6-9-12-15-18-20-22-25-32-37-42-56(61)73-52(46-67-54(59)40-35-30-27-26-28-33-38-49(4)5)48-71-75(64,65)69-44-50(57)43-68-74(62,63)70-47-51(45-66-53(58)39-34-29-23-17-14-11-8-3)72-55(60)41-36-31-24-21-19-16-13-10-7-2/h49-52,57H,6-48H2,1-5H3,(H,62,63)(H,64,65)/t50-,51+,52+/m0/s1. The first-order chi connectivity index (χ1) is 36.0. The molecule has 444 valence electrons. The van der Waals surface area contributed by atoms with E-state index in [4.69, 9.17) is 37.0 Å². The minimum Gasteiger partial charge on any atom is -0.462 e. The molecular formula is C56H108O17P2. The van der Waals surface area contributed by atoms with Gasteiger partial charge in [0.15, 0.2) is 12.2 Å². The number of phosphoric ester groups is 2. The van der Waals surface area contributed by atoms with E-state index in [1.54, 1.807) is 0 Å². The highest BCUT2D eigenvalue weighted by Crippen LogP contribution is 2.45. The van der Waals surface area contributed by atoms with Crippen molar-refractivity contribution in [2.75, 3.05) is 39.6 Å². The summed E-state index contributed by atoms with van der Waals surface area (Å²) in [6.07, 6.45) is 30.9. The van der Waals surface area contributed by atoms with E-state index in [1.807, 2.05) is 0 Å². The summed E-state index contributed by atoms with van der Waals surface area (Å²) >= 11 is 0. The first-order valence-electron chi connectivity index (χ1n) is 29.6. The number of aliphatic hydroxyl groups excluding tert-OH is 1. The van der Waals surface area contributed by atoms with Crippen molar-refractivity contribution in [3.05, 3.63) is 0 Å². The van der Waals surface area contributed by atoms with Gasteiger partial charge >= 0.3 is 39.5 Å². The van der Waals surface area contributed by atoms with Gasteiger partial charge in [-0.1, -0.05) is 221 Å². The van der Waals surface area contributed by atoms with Crippen LogP contribution >= 0.6 is 15.6 Å². The Morgan fingerprint density at radius 2 is 0.613 bits per heavy atom. The first kappa shape index (κ1) is 73.1. The summed E-state index contributed by atoms with van der Waals surface area (Å²) in [5.41, 5.74) is 0. The highest BCUT2D eigenvalue weighted by molar-refractivity contribution is 7.47. The molecule has 0 aliphatic heterocycles. The highest BCUT2D eigenvalue weighted by Gasteiger charge is 2.30. The van der Waals surface area contributed by atoms with Gasteiger partial charge in [0.25, 0.3) is 0 Å². The van der Waals surface area contributed by atoms with Crippen molar-refractivity contribution in [1.82, 2.24) is 0 Å². The summed E-state index contributed by atoms with van der Waals surface area (Å²) in [6.45, 7) is 6.98. The lowest BCUT2D eigenvalue weighted by Crippen LogP contribution is -2.30. The number of unbranched alkanes of at least 4 members (excludes halogenated alkanes) is 28. The lowest BCUT2D eigenvalue weighted by Gasteiger charge is -2.21. The maximum atomic E-state index is 12.9. The van der Waals surface area contributed by atoms with E-state index in [0.717, 1.165) is 109 Å². The monoisotopic (exact) mass is 1110 g/mol. The van der Waals surface area contributed by atoms with Crippen LogP contribution in [0, 0.1) is 5.92 Å². The number of phosphoric acid groups is 2. The highest BCUT2D eigenvalue weighted by atomic mass is 31.2. The third-order valence-electron chi connectivity index (χ3n) is 12.8. The molecule has 0 saturated carbocycles. The lowest BCUT2D eigenvalue weighted by molar-refractivity contribution is -0.161. The summed E-state index contributed by atoms with van der Waals surface area (Å²) in [6, 6.07) is 0. The van der Waals surface area contributed by atoms with E-state index in [-0.39, 0.29) is 25.7 Å². The van der Waals surface area contributed by atoms with Crippen molar-refractivity contribution >= 4 is 39.5 Å². The Morgan fingerprint density at radius 3 is 0.907 bits per heavy atom. The third kappa shape index (κ3) is 51.3. The van der Waals surface area contributed by atoms with Crippen molar-refractivity contribution in [3.8, 4) is 0 Å². The van der Waals surface area contributed by atoms with E-state index in [2.05, 4.69) is 34.6 Å². The van der Waals surface area contributed by atoms with Crippen LogP contribution in [0.3, 0.4) is 0 Å². The van der Waals surface area contributed by atoms with Crippen molar-refractivity contribution in [1.29, 1.82) is 0 Å². The Balaban J connectivity index is 5.21. The second-order valence-electron chi connectivity index (χ2n) is 20.8. The molecule has 0 radical (unpaired) electrons. The van der Waals surface area contributed by atoms with Crippen LogP contribution in [0.5, 0.6) is 0 Å². The molecule has 5 atom stereocenters. The van der Waals surface area contributed by atoms with Gasteiger partial charge in [-0.3, -0.25) is 37.3 Å². The Hall–Kier alpha value is -1.94. The van der Waals surface area contributed by atoms with E-state index < -0.39 is 97.5 Å². The zero-order chi connectivity index (χ0) is 55.7. The van der Waals surface area contributed by atoms with Crippen LogP contribution in [-0.4, -0.2) is 96.7 Å². The molecule has 17 nitrogen and oxygen atoms in total. The largest absolute Gasteiger partial charge is 0.472 e. The fourth-order valence-corrected chi connectivity index (χ4v) is 9.75. The number of hydrogen-bond donors (Lipinski definition) is 3. The molecule has 19 heteroatoms. The molecule has 0 aromatic rings. The van der Waals surface area contributed by atoms with Gasteiger partial charge in [-0.25, -0.2) is 9.13 Å². The SMILES string of the molecule is CCCCCCCCCCCCC(=O)O[C@H](COC(=O)CCCCCCCCC(C)C)COP(=O)(O)OC[C@@H](O)COP(=O)(O)OC[C@@H](COC(=O)CCCCCCCCC)OC(=O)CCCCCCCCCCC.